The predicted octanol–water partition coefficient (Wildman–Crippen LogP) is 2.90. The molecule has 1 aromatic rings. The van der Waals surface area contributed by atoms with E-state index in [1.54, 1.807) is 0 Å². The van der Waals surface area contributed by atoms with Gasteiger partial charge in [-0.1, -0.05) is 24.3 Å². The van der Waals surface area contributed by atoms with Gasteiger partial charge in [-0.15, -0.1) is 0 Å². The van der Waals surface area contributed by atoms with Gasteiger partial charge in [-0.3, -0.25) is 4.79 Å². The van der Waals surface area contributed by atoms with Gasteiger partial charge in [0.15, 0.2) is 0 Å². The van der Waals surface area contributed by atoms with E-state index in [-0.39, 0.29) is 24.3 Å². The van der Waals surface area contributed by atoms with Gasteiger partial charge in [-0.05, 0) is 44.2 Å². The fourth-order valence-corrected chi connectivity index (χ4v) is 2.31. The molecule has 0 spiro atoms. The number of hydrogen-bond acceptors (Lipinski definition) is 3. The third-order valence-electron chi connectivity index (χ3n) is 3.32. The standard InChI is InChI=1S/C16H21NO4/c1-16(2,3)21-14(18)13-8-12(13)11-6-4-5-10(7-11)9-17-15(19)20/h4-7,12-13,17H,8-9H2,1-3H3,(H,19,20)/t12-,13+/m0/s1. The van der Waals surface area contributed by atoms with E-state index in [2.05, 4.69) is 5.32 Å². The van der Waals surface area contributed by atoms with Crippen LogP contribution in [0.2, 0.25) is 0 Å². The van der Waals surface area contributed by atoms with Crippen LogP contribution in [0.5, 0.6) is 0 Å². The average Bonchev–Trinajstić information content (AvgIpc) is 3.15. The van der Waals surface area contributed by atoms with Crippen LogP contribution in [0.1, 0.15) is 44.2 Å². The molecule has 1 fully saturated rings. The van der Waals surface area contributed by atoms with Crippen molar-refractivity contribution in [2.75, 3.05) is 0 Å². The Balaban J connectivity index is 1.96. The summed E-state index contributed by atoms with van der Waals surface area (Å²) < 4.78 is 5.39. The Hall–Kier alpha value is -2.04. The Morgan fingerprint density at radius 1 is 1.38 bits per heavy atom. The molecule has 1 aliphatic carbocycles. The van der Waals surface area contributed by atoms with Gasteiger partial charge in [0.2, 0.25) is 0 Å². The molecular weight excluding hydrogens is 270 g/mol. The summed E-state index contributed by atoms with van der Waals surface area (Å²) in [4.78, 5) is 22.5. The van der Waals surface area contributed by atoms with E-state index in [4.69, 9.17) is 9.84 Å². The highest BCUT2D eigenvalue weighted by Gasteiger charge is 2.46. The predicted molar refractivity (Wildman–Crippen MR) is 78.0 cm³/mol. The van der Waals surface area contributed by atoms with E-state index in [1.165, 1.54) is 0 Å². The van der Waals surface area contributed by atoms with E-state index in [1.807, 2.05) is 45.0 Å². The van der Waals surface area contributed by atoms with Crippen LogP contribution in [-0.4, -0.2) is 22.8 Å². The van der Waals surface area contributed by atoms with Crippen LogP contribution in [0.4, 0.5) is 4.79 Å². The molecule has 114 valence electrons. The number of ether oxygens (including phenoxy) is 1. The summed E-state index contributed by atoms with van der Waals surface area (Å²) in [5.41, 5.74) is 1.50. The number of amides is 1. The topological polar surface area (TPSA) is 75.6 Å². The molecule has 2 atom stereocenters. The maximum Gasteiger partial charge on any atom is 0.404 e. The number of rotatable bonds is 4. The molecule has 2 N–H and O–H groups in total. The molecule has 2 rings (SSSR count). The summed E-state index contributed by atoms with van der Waals surface area (Å²) >= 11 is 0. The molecule has 1 aliphatic rings. The van der Waals surface area contributed by atoms with Crippen LogP contribution >= 0.6 is 0 Å². The first kappa shape index (κ1) is 15.4. The van der Waals surface area contributed by atoms with Crippen molar-refractivity contribution in [3.05, 3.63) is 35.4 Å². The minimum atomic E-state index is -1.04. The average molecular weight is 291 g/mol. The van der Waals surface area contributed by atoms with Gasteiger partial charge in [-0.2, -0.15) is 0 Å². The summed E-state index contributed by atoms with van der Waals surface area (Å²) in [5.74, 6) is -0.0434. The summed E-state index contributed by atoms with van der Waals surface area (Å²) in [5, 5.41) is 11.0. The van der Waals surface area contributed by atoms with Gasteiger partial charge < -0.3 is 15.2 Å². The smallest absolute Gasteiger partial charge is 0.404 e. The lowest BCUT2D eigenvalue weighted by Gasteiger charge is -2.19. The van der Waals surface area contributed by atoms with Crippen molar-refractivity contribution in [3.8, 4) is 0 Å². The molecule has 0 radical (unpaired) electrons. The first-order valence-electron chi connectivity index (χ1n) is 7.05. The molecule has 1 aromatic carbocycles. The van der Waals surface area contributed by atoms with Crippen molar-refractivity contribution in [1.29, 1.82) is 0 Å². The second-order valence-electron chi connectivity index (χ2n) is 6.39. The maximum atomic E-state index is 12.0. The van der Waals surface area contributed by atoms with Crippen molar-refractivity contribution >= 4 is 12.1 Å². The molecule has 0 aromatic heterocycles. The maximum absolute atomic E-state index is 12.0. The lowest BCUT2D eigenvalue weighted by atomic mass is 10.1. The highest BCUT2D eigenvalue weighted by atomic mass is 16.6. The van der Waals surface area contributed by atoms with Crippen molar-refractivity contribution < 1.29 is 19.4 Å². The van der Waals surface area contributed by atoms with Crippen molar-refractivity contribution in [1.82, 2.24) is 5.32 Å². The van der Waals surface area contributed by atoms with Gasteiger partial charge >= 0.3 is 12.1 Å². The number of hydrogen-bond donors (Lipinski definition) is 2. The minimum absolute atomic E-state index is 0.0769. The highest BCUT2D eigenvalue weighted by Crippen LogP contribution is 2.48. The third-order valence-corrected chi connectivity index (χ3v) is 3.32. The van der Waals surface area contributed by atoms with E-state index >= 15 is 0 Å². The molecule has 5 nitrogen and oxygen atoms in total. The van der Waals surface area contributed by atoms with Crippen LogP contribution < -0.4 is 5.32 Å². The molecule has 0 aliphatic heterocycles. The lowest BCUT2D eigenvalue weighted by molar-refractivity contribution is -0.156. The van der Waals surface area contributed by atoms with E-state index in [9.17, 15) is 9.59 Å². The summed E-state index contributed by atoms with van der Waals surface area (Å²) in [6.45, 7) is 5.86. The van der Waals surface area contributed by atoms with E-state index in [0.29, 0.717) is 0 Å². The number of nitrogens with one attached hydrogen (secondary N) is 1. The first-order chi connectivity index (χ1) is 9.76. The quantitative estimate of drug-likeness (QED) is 0.836. The molecular formula is C16H21NO4. The zero-order chi connectivity index (χ0) is 15.6. The summed E-state index contributed by atoms with van der Waals surface area (Å²) in [6.07, 6.45) is -0.247. The van der Waals surface area contributed by atoms with Crippen LogP contribution in [-0.2, 0) is 16.1 Å². The summed E-state index contributed by atoms with van der Waals surface area (Å²) in [6, 6.07) is 7.67. The number of carbonyl (C=O) groups excluding carboxylic acids is 1. The normalized spacial score (nSPS) is 20.7. The zero-order valence-electron chi connectivity index (χ0n) is 12.6. The molecule has 0 bridgehead atoms. The Morgan fingerprint density at radius 3 is 2.71 bits per heavy atom. The zero-order valence-corrected chi connectivity index (χ0v) is 12.6. The first-order valence-corrected chi connectivity index (χ1v) is 7.05. The van der Waals surface area contributed by atoms with Gasteiger partial charge in [0, 0.05) is 6.54 Å². The Labute approximate surface area is 124 Å². The second kappa shape index (κ2) is 5.76. The van der Waals surface area contributed by atoms with Gasteiger partial charge in [-0.25, -0.2) is 4.79 Å². The highest BCUT2D eigenvalue weighted by molar-refractivity contribution is 5.77. The Kier molecular flexibility index (Phi) is 4.21. The number of carboxylic acid groups (broad SMARTS) is 1. The van der Waals surface area contributed by atoms with E-state index < -0.39 is 11.7 Å². The fraction of sp³-hybridized carbons (Fsp3) is 0.500. The van der Waals surface area contributed by atoms with Crippen molar-refractivity contribution in [3.63, 3.8) is 0 Å². The SMILES string of the molecule is CC(C)(C)OC(=O)[C@@H]1C[C@H]1c1cccc(CNC(=O)O)c1. The molecule has 21 heavy (non-hydrogen) atoms. The van der Waals surface area contributed by atoms with Crippen LogP contribution in [0.25, 0.3) is 0 Å². The number of esters is 1. The molecule has 0 heterocycles. The van der Waals surface area contributed by atoms with Gasteiger partial charge in [0.05, 0.1) is 5.92 Å². The summed E-state index contributed by atoms with van der Waals surface area (Å²) in [7, 11) is 0. The van der Waals surface area contributed by atoms with E-state index in [0.717, 1.165) is 17.5 Å². The molecule has 5 heteroatoms. The Bertz CT molecular complexity index is 547. The fourth-order valence-electron chi connectivity index (χ4n) is 2.31. The lowest BCUT2D eigenvalue weighted by Crippen LogP contribution is -2.25. The molecule has 1 saturated carbocycles. The third kappa shape index (κ3) is 4.48. The monoisotopic (exact) mass is 291 g/mol. The number of benzene rings is 1. The second-order valence-corrected chi connectivity index (χ2v) is 6.39. The van der Waals surface area contributed by atoms with Crippen molar-refractivity contribution in [2.24, 2.45) is 5.92 Å². The Morgan fingerprint density at radius 2 is 2.10 bits per heavy atom. The van der Waals surface area contributed by atoms with Crippen LogP contribution in [0, 0.1) is 5.92 Å². The molecule has 0 saturated heterocycles. The minimum Gasteiger partial charge on any atom is -0.465 e. The van der Waals surface area contributed by atoms with Crippen LogP contribution in [0.15, 0.2) is 24.3 Å². The largest absolute Gasteiger partial charge is 0.465 e. The molecule has 1 amide bonds. The van der Waals surface area contributed by atoms with Crippen LogP contribution in [0.3, 0.4) is 0 Å². The van der Waals surface area contributed by atoms with Gasteiger partial charge in [0.1, 0.15) is 5.60 Å². The van der Waals surface area contributed by atoms with Gasteiger partial charge in [0.25, 0.3) is 0 Å². The number of carbonyl (C=O) groups is 2. The molecule has 0 unspecified atom stereocenters. The van der Waals surface area contributed by atoms with Crippen molar-refractivity contribution in [2.45, 2.75) is 45.3 Å².